The summed E-state index contributed by atoms with van der Waals surface area (Å²) >= 11 is 1.50. The number of nitrogens with one attached hydrogen (secondary N) is 2. The van der Waals surface area contributed by atoms with Gasteiger partial charge in [-0.2, -0.15) is 0 Å². The Kier molecular flexibility index (Phi) is 6.32. The fourth-order valence-corrected chi connectivity index (χ4v) is 4.46. The van der Waals surface area contributed by atoms with Crippen molar-refractivity contribution in [1.82, 2.24) is 9.97 Å². The van der Waals surface area contributed by atoms with Gasteiger partial charge in [0, 0.05) is 21.8 Å². The Morgan fingerprint density at radius 1 is 1.12 bits per heavy atom. The van der Waals surface area contributed by atoms with Gasteiger partial charge in [-0.25, -0.2) is 14.4 Å². The van der Waals surface area contributed by atoms with E-state index in [4.69, 9.17) is 4.42 Å². The first-order valence-electron chi connectivity index (χ1n) is 10.2. The number of rotatable bonds is 7. The lowest BCUT2D eigenvalue weighted by molar-refractivity contribution is 0.0997. The van der Waals surface area contributed by atoms with Crippen molar-refractivity contribution in [3.63, 3.8) is 0 Å². The number of amides is 1. The van der Waals surface area contributed by atoms with Gasteiger partial charge >= 0.3 is 0 Å². The van der Waals surface area contributed by atoms with Gasteiger partial charge in [0.05, 0.1) is 12.3 Å². The first kappa shape index (κ1) is 21.7. The van der Waals surface area contributed by atoms with Crippen LogP contribution in [0.3, 0.4) is 0 Å². The van der Waals surface area contributed by atoms with Crippen LogP contribution in [0.25, 0.3) is 0 Å². The minimum atomic E-state index is -0.403. The van der Waals surface area contributed by atoms with Gasteiger partial charge in [0.2, 0.25) is 5.95 Å². The molecule has 1 aromatic carbocycles. The van der Waals surface area contributed by atoms with Crippen LogP contribution in [0.1, 0.15) is 50.9 Å². The smallest absolute Gasteiger partial charge is 0.291 e. The highest BCUT2D eigenvalue weighted by molar-refractivity contribution is 7.16. The average molecular weight is 451 g/mol. The zero-order valence-corrected chi connectivity index (χ0v) is 18.8. The summed E-state index contributed by atoms with van der Waals surface area (Å²) in [6, 6.07) is 13.1. The molecule has 1 atom stereocenters. The lowest BCUT2D eigenvalue weighted by atomic mass is 10.00. The number of carbonyl (C=O) groups excluding carboxylic acids is 1. The fraction of sp³-hybridized carbons (Fsp3) is 0.208. The van der Waals surface area contributed by atoms with Crippen LogP contribution < -0.4 is 10.6 Å². The van der Waals surface area contributed by atoms with E-state index in [9.17, 15) is 9.18 Å². The molecule has 0 fully saturated rings. The first-order valence-corrected chi connectivity index (χ1v) is 11.1. The molecular weight excluding hydrogens is 427 g/mol. The quantitative estimate of drug-likeness (QED) is 0.366. The van der Waals surface area contributed by atoms with Crippen LogP contribution in [-0.2, 0) is 6.42 Å². The highest BCUT2D eigenvalue weighted by atomic mass is 32.1. The summed E-state index contributed by atoms with van der Waals surface area (Å²) in [5.74, 6) is 0.0398. The fourth-order valence-electron chi connectivity index (χ4n) is 3.43. The molecule has 1 amide bonds. The lowest BCUT2D eigenvalue weighted by Gasteiger charge is -2.21. The summed E-state index contributed by atoms with van der Waals surface area (Å²) in [6.07, 6.45) is 2.27. The van der Waals surface area contributed by atoms with Crippen LogP contribution in [-0.4, -0.2) is 15.9 Å². The Labute approximate surface area is 189 Å². The zero-order chi connectivity index (χ0) is 22.7. The van der Waals surface area contributed by atoms with E-state index < -0.39 is 6.04 Å². The van der Waals surface area contributed by atoms with E-state index in [2.05, 4.69) is 27.5 Å². The summed E-state index contributed by atoms with van der Waals surface area (Å²) in [4.78, 5) is 22.8. The Bertz CT molecular complexity index is 1200. The summed E-state index contributed by atoms with van der Waals surface area (Å²) < 4.78 is 18.9. The number of nitrogens with zero attached hydrogens (tertiary/aromatic N) is 2. The van der Waals surface area contributed by atoms with Crippen molar-refractivity contribution in [3.8, 4) is 0 Å². The molecule has 0 unspecified atom stereocenters. The van der Waals surface area contributed by atoms with Gasteiger partial charge in [-0.15, -0.1) is 11.3 Å². The number of furan rings is 1. The second kappa shape index (κ2) is 9.32. The van der Waals surface area contributed by atoms with Gasteiger partial charge in [-0.3, -0.25) is 4.79 Å². The number of hydrogen-bond acceptors (Lipinski definition) is 6. The maximum Gasteiger partial charge on any atom is 0.291 e. The Balaban J connectivity index is 1.77. The third-order valence-corrected chi connectivity index (χ3v) is 6.11. The van der Waals surface area contributed by atoms with Crippen molar-refractivity contribution in [2.75, 3.05) is 10.6 Å². The van der Waals surface area contributed by atoms with Gasteiger partial charge in [0.25, 0.3) is 5.91 Å². The minimum absolute atomic E-state index is 0.228. The van der Waals surface area contributed by atoms with Gasteiger partial charge in [0.15, 0.2) is 5.76 Å². The maximum atomic E-state index is 13.6. The maximum absolute atomic E-state index is 13.6. The summed E-state index contributed by atoms with van der Waals surface area (Å²) in [7, 11) is 0. The molecule has 4 rings (SSSR count). The third kappa shape index (κ3) is 4.86. The lowest BCUT2D eigenvalue weighted by Crippen LogP contribution is -2.18. The topological polar surface area (TPSA) is 80.0 Å². The molecular formula is C24H23FN4O2S. The predicted molar refractivity (Wildman–Crippen MR) is 124 cm³/mol. The number of hydrogen-bond donors (Lipinski definition) is 2. The Morgan fingerprint density at radius 3 is 2.47 bits per heavy atom. The number of thiophene rings is 1. The SMILES string of the molecule is CCc1cc([C@H](Nc2nc(C)cc(C)n2)c2ccc(F)cc2)c(NC(=O)c2ccco2)s1. The molecule has 2 N–H and O–H groups in total. The summed E-state index contributed by atoms with van der Waals surface area (Å²) in [5, 5.41) is 7.04. The molecule has 4 aromatic rings. The molecule has 0 aliphatic rings. The number of benzene rings is 1. The molecule has 0 bridgehead atoms. The molecule has 3 aromatic heterocycles. The van der Waals surface area contributed by atoms with E-state index >= 15 is 0 Å². The van der Waals surface area contributed by atoms with Gasteiger partial charge in [0.1, 0.15) is 10.8 Å². The van der Waals surface area contributed by atoms with E-state index in [0.29, 0.717) is 10.9 Å². The number of aromatic nitrogens is 2. The standard InChI is InChI=1S/C24H23FN4O2S/c1-4-18-13-19(23(32-18)29-22(30)20-6-5-11-31-20)21(16-7-9-17(25)10-8-16)28-24-26-14(2)12-15(3)27-24/h5-13,21H,4H2,1-3H3,(H,29,30)(H,26,27,28)/t21-/m1/s1. The molecule has 0 aliphatic heterocycles. The van der Waals surface area contributed by atoms with Crippen LogP contribution in [0.2, 0.25) is 0 Å². The van der Waals surface area contributed by atoms with Crippen molar-refractivity contribution >= 4 is 28.2 Å². The van der Waals surface area contributed by atoms with Gasteiger partial charge in [-0.05, 0) is 62.2 Å². The summed E-state index contributed by atoms with van der Waals surface area (Å²) in [6.45, 7) is 5.87. The van der Waals surface area contributed by atoms with E-state index in [1.807, 2.05) is 26.0 Å². The van der Waals surface area contributed by atoms with Crippen molar-refractivity contribution in [1.29, 1.82) is 0 Å². The average Bonchev–Trinajstić information content (AvgIpc) is 3.42. The largest absolute Gasteiger partial charge is 0.459 e. The van der Waals surface area contributed by atoms with Crippen LogP contribution in [0.4, 0.5) is 15.3 Å². The van der Waals surface area contributed by atoms with Crippen molar-refractivity contribution in [2.45, 2.75) is 33.2 Å². The molecule has 0 saturated heterocycles. The molecule has 0 radical (unpaired) electrons. The van der Waals surface area contributed by atoms with Crippen LogP contribution >= 0.6 is 11.3 Å². The predicted octanol–water partition coefficient (Wildman–Crippen LogP) is 5.90. The van der Waals surface area contributed by atoms with E-state index in [0.717, 1.165) is 33.8 Å². The van der Waals surface area contributed by atoms with Crippen LogP contribution in [0.5, 0.6) is 0 Å². The van der Waals surface area contributed by atoms with Crippen molar-refractivity contribution in [2.24, 2.45) is 0 Å². The van der Waals surface area contributed by atoms with E-state index in [1.165, 1.54) is 29.7 Å². The number of anilines is 2. The van der Waals surface area contributed by atoms with Crippen molar-refractivity contribution in [3.05, 3.63) is 93.8 Å². The normalized spacial score (nSPS) is 11.9. The first-order chi connectivity index (χ1) is 15.4. The molecule has 8 heteroatoms. The van der Waals surface area contributed by atoms with E-state index in [-0.39, 0.29) is 17.5 Å². The number of carbonyl (C=O) groups is 1. The number of aryl methyl sites for hydroxylation is 3. The molecule has 6 nitrogen and oxygen atoms in total. The Hall–Kier alpha value is -3.52. The molecule has 0 saturated carbocycles. The highest BCUT2D eigenvalue weighted by Crippen LogP contribution is 2.38. The van der Waals surface area contributed by atoms with Gasteiger partial charge < -0.3 is 15.1 Å². The molecule has 3 heterocycles. The monoisotopic (exact) mass is 450 g/mol. The third-order valence-electron chi connectivity index (χ3n) is 4.90. The summed E-state index contributed by atoms with van der Waals surface area (Å²) in [5.41, 5.74) is 3.34. The molecule has 0 spiro atoms. The molecule has 0 aliphatic carbocycles. The Morgan fingerprint density at radius 2 is 1.84 bits per heavy atom. The highest BCUT2D eigenvalue weighted by Gasteiger charge is 2.24. The van der Waals surface area contributed by atoms with E-state index in [1.54, 1.807) is 24.3 Å². The van der Waals surface area contributed by atoms with Crippen LogP contribution in [0, 0.1) is 19.7 Å². The second-order valence-electron chi connectivity index (χ2n) is 7.39. The van der Waals surface area contributed by atoms with Crippen LogP contribution in [0.15, 0.2) is 59.2 Å². The number of halogens is 1. The second-order valence-corrected chi connectivity index (χ2v) is 8.52. The molecule has 32 heavy (non-hydrogen) atoms. The molecule has 164 valence electrons. The zero-order valence-electron chi connectivity index (χ0n) is 18.0. The minimum Gasteiger partial charge on any atom is -0.459 e. The van der Waals surface area contributed by atoms with Crippen molar-refractivity contribution < 1.29 is 13.6 Å². The van der Waals surface area contributed by atoms with Gasteiger partial charge in [-0.1, -0.05) is 19.1 Å².